The van der Waals surface area contributed by atoms with E-state index >= 15 is 0 Å². The number of carbonyl (C=O) groups excluding carboxylic acids is 1. The van der Waals surface area contributed by atoms with E-state index in [-0.39, 0.29) is 11.9 Å². The van der Waals surface area contributed by atoms with Crippen LogP contribution in [0.5, 0.6) is 0 Å². The number of anilines is 1. The Morgan fingerprint density at radius 3 is 2.67 bits per heavy atom. The summed E-state index contributed by atoms with van der Waals surface area (Å²) in [7, 11) is 0. The van der Waals surface area contributed by atoms with Gasteiger partial charge >= 0.3 is 0 Å². The van der Waals surface area contributed by atoms with Crippen molar-refractivity contribution in [2.45, 2.75) is 18.1 Å². The van der Waals surface area contributed by atoms with E-state index in [1.807, 2.05) is 30.3 Å². The van der Waals surface area contributed by atoms with Crippen molar-refractivity contribution in [1.29, 1.82) is 0 Å². The molecule has 2 aliphatic rings. The Kier molecular flexibility index (Phi) is 5.14. The zero-order chi connectivity index (χ0) is 18.9. The van der Waals surface area contributed by atoms with Crippen LogP contribution < -0.4 is 5.73 Å². The standard InChI is InChI=1S/C19H24N4O3S/c20-18-21-15(13-27-18)17(24)23-7-6-19(25,14-4-2-1-3-5-14)16(12-23)22-8-10-26-11-9-22/h1-5,13,16,25H,6-12H2,(H2,20,21)/t16-,19+/m1/s1. The van der Waals surface area contributed by atoms with Gasteiger partial charge in [-0.25, -0.2) is 4.98 Å². The second kappa shape index (κ2) is 7.55. The SMILES string of the molecule is Nc1nc(C(=O)N2CC[C@](O)(c3ccccc3)[C@H](N3CCOCC3)C2)cs1. The van der Waals surface area contributed by atoms with Crippen LogP contribution in [0.4, 0.5) is 5.13 Å². The molecule has 0 spiro atoms. The van der Waals surface area contributed by atoms with Gasteiger partial charge in [0.15, 0.2) is 5.13 Å². The smallest absolute Gasteiger partial charge is 0.273 e. The molecule has 2 atom stereocenters. The number of nitrogens with zero attached hydrogens (tertiary/aromatic N) is 3. The Hall–Kier alpha value is -2.00. The Balaban J connectivity index is 1.62. The van der Waals surface area contributed by atoms with E-state index in [9.17, 15) is 9.90 Å². The number of likely N-dealkylation sites (tertiary alicyclic amines) is 1. The van der Waals surface area contributed by atoms with Crippen molar-refractivity contribution in [1.82, 2.24) is 14.8 Å². The second-order valence-electron chi connectivity index (χ2n) is 7.03. The minimum atomic E-state index is -1.00. The molecule has 3 heterocycles. The third-order valence-electron chi connectivity index (χ3n) is 5.50. The summed E-state index contributed by atoms with van der Waals surface area (Å²) in [4.78, 5) is 21.0. The zero-order valence-electron chi connectivity index (χ0n) is 15.1. The van der Waals surface area contributed by atoms with Gasteiger partial charge in [-0.3, -0.25) is 9.69 Å². The number of thiazole rings is 1. The van der Waals surface area contributed by atoms with Crippen molar-refractivity contribution in [3.05, 3.63) is 47.0 Å². The fourth-order valence-electron chi connectivity index (χ4n) is 4.03. The number of benzene rings is 1. The van der Waals surface area contributed by atoms with E-state index in [1.54, 1.807) is 10.3 Å². The molecule has 3 N–H and O–H groups in total. The number of carbonyl (C=O) groups is 1. The van der Waals surface area contributed by atoms with Crippen LogP contribution in [0.2, 0.25) is 0 Å². The first-order valence-corrected chi connectivity index (χ1v) is 10.1. The second-order valence-corrected chi connectivity index (χ2v) is 7.92. The molecule has 1 aromatic heterocycles. The molecule has 144 valence electrons. The summed E-state index contributed by atoms with van der Waals surface area (Å²) < 4.78 is 5.48. The molecule has 2 aliphatic heterocycles. The maximum absolute atomic E-state index is 12.9. The van der Waals surface area contributed by atoms with Crippen molar-refractivity contribution in [2.75, 3.05) is 45.1 Å². The predicted octanol–water partition coefficient (Wildman–Crippen LogP) is 1.16. The molecular formula is C19H24N4O3S. The molecular weight excluding hydrogens is 364 g/mol. The van der Waals surface area contributed by atoms with Gasteiger partial charge in [-0.2, -0.15) is 0 Å². The Morgan fingerprint density at radius 1 is 1.26 bits per heavy atom. The van der Waals surface area contributed by atoms with Crippen LogP contribution in [0.25, 0.3) is 0 Å². The van der Waals surface area contributed by atoms with Gasteiger partial charge in [0.2, 0.25) is 0 Å². The summed E-state index contributed by atoms with van der Waals surface area (Å²) in [6, 6.07) is 9.57. The maximum Gasteiger partial charge on any atom is 0.273 e. The third-order valence-corrected chi connectivity index (χ3v) is 6.17. The van der Waals surface area contributed by atoms with Crippen LogP contribution in [0, 0.1) is 0 Å². The normalized spacial score (nSPS) is 26.9. The van der Waals surface area contributed by atoms with E-state index in [0.717, 1.165) is 18.7 Å². The molecule has 2 aromatic rings. The van der Waals surface area contributed by atoms with Crippen molar-refractivity contribution in [3.63, 3.8) is 0 Å². The monoisotopic (exact) mass is 388 g/mol. The number of piperidine rings is 1. The first kappa shape index (κ1) is 18.4. The Labute approximate surface area is 162 Å². The molecule has 2 saturated heterocycles. The number of ether oxygens (including phenoxy) is 1. The van der Waals surface area contributed by atoms with Gasteiger partial charge in [0, 0.05) is 31.6 Å². The summed E-state index contributed by atoms with van der Waals surface area (Å²) in [5.74, 6) is -0.128. The predicted molar refractivity (Wildman–Crippen MR) is 104 cm³/mol. The Morgan fingerprint density at radius 2 is 2.00 bits per heavy atom. The minimum Gasteiger partial charge on any atom is -0.383 e. The minimum absolute atomic E-state index is 0.128. The summed E-state index contributed by atoms with van der Waals surface area (Å²) in [6.07, 6.45) is 0.477. The topological polar surface area (TPSA) is 91.9 Å². The molecule has 2 fully saturated rings. The van der Waals surface area contributed by atoms with E-state index in [4.69, 9.17) is 10.5 Å². The van der Waals surface area contributed by atoms with Crippen LogP contribution in [0.3, 0.4) is 0 Å². The van der Waals surface area contributed by atoms with Crippen molar-refractivity contribution < 1.29 is 14.6 Å². The molecule has 0 saturated carbocycles. The van der Waals surface area contributed by atoms with Crippen LogP contribution in [0.15, 0.2) is 35.7 Å². The van der Waals surface area contributed by atoms with Gasteiger partial charge in [-0.15, -0.1) is 11.3 Å². The number of amides is 1. The lowest BCUT2D eigenvalue weighted by atomic mass is 9.79. The molecule has 4 rings (SSSR count). The average molecular weight is 388 g/mol. The molecule has 0 bridgehead atoms. The number of hydrogen-bond acceptors (Lipinski definition) is 7. The number of aromatic nitrogens is 1. The first-order chi connectivity index (χ1) is 13.1. The van der Waals surface area contributed by atoms with E-state index < -0.39 is 5.60 Å². The van der Waals surface area contributed by atoms with E-state index in [2.05, 4.69) is 9.88 Å². The van der Waals surface area contributed by atoms with Gasteiger partial charge < -0.3 is 20.5 Å². The van der Waals surface area contributed by atoms with Crippen molar-refractivity contribution in [3.8, 4) is 0 Å². The van der Waals surface area contributed by atoms with Gasteiger partial charge in [0.25, 0.3) is 5.91 Å². The molecule has 27 heavy (non-hydrogen) atoms. The zero-order valence-corrected chi connectivity index (χ0v) is 15.9. The van der Waals surface area contributed by atoms with Gasteiger partial charge in [-0.05, 0) is 12.0 Å². The average Bonchev–Trinajstić information content (AvgIpc) is 3.15. The highest BCUT2D eigenvalue weighted by Gasteiger charge is 2.47. The van der Waals surface area contributed by atoms with Crippen LogP contribution >= 0.6 is 11.3 Å². The lowest BCUT2D eigenvalue weighted by molar-refractivity contribution is -0.112. The number of hydrogen-bond donors (Lipinski definition) is 2. The number of rotatable bonds is 3. The number of nitrogens with two attached hydrogens (primary N) is 1. The highest BCUT2D eigenvalue weighted by molar-refractivity contribution is 7.13. The quantitative estimate of drug-likeness (QED) is 0.820. The molecule has 0 aliphatic carbocycles. The molecule has 1 amide bonds. The first-order valence-electron chi connectivity index (χ1n) is 9.18. The molecule has 8 heteroatoms. The van der Waals surface area contributed by atoms with Crippen LogP contribution in [-0.2, 0) is 10.3 Å². The molecule has 0 radical (unpaired) electrons. The number of nitrogen functional groups attached to an aromatic ring is 1. The molecule has 1 aromatic carbocycles. The fourth-order valence-corrected chi connectivity index (χ4v) is 4.56. The lowest BCUT2D eigenvalue weighted by Gasteiger charge is -2.50. The van der Waals surface area contributed by atoms with E-state index in [1.165, 1.54) is 11.3 Å². The lowest BCUT2D eigenvalue weighted by Crippen LogP contribution is -2.63. The highest BCUT2D eigenvalue weighted by atomic mass is 32.1. The van der Waals surface area contributed by atoms with Gasteiger partial charge in [0.05, 0.1) is 19.3 Å². The van der Waals surface area contributed by atoms with Crippen molar-refractivity contribution >= 4 is 22.4 Å². The molecule has 7 nitrogen and oxygen atoms in total. The maximum atomic E-state index is 12.9. The van der Waals surface area contributed by atoms with Crippen LogP contribution in [0.1, 0.15) is 22.5 Å². The van der Waals surface area contributed by atoms with Gasteiger partial charge in [-0.1, -0.05) is 30.3 Å². The highest BCUT2D eigenvalue weighted by Crippen LogP contribution is 2.36. The van der Waals surface area contributed by atoms with Gasteiger partial charge in [0.1, 0.15) is 11.3 Å². The summed E-state index contributed by atoms with van der Waals surface area (Å²) >= 11 is 1.27. The summed E-state index contributed by atoms with van der Waals surface area (Å²) in [6.45, 7) is 3.68. The summed E-state index contributed by atoms with van der Waals surface area (Å²) in [5, 5.41) is 13.8. The Bertz CT molecular complexity index is 793. The number of morpholine rings is 1. The van der Waals surface area contributed by atoms with E-state index in [0.29, 0.717) is 43.5 Å². The fraction of sp³-hybridized carbons (Fsp3) is 0.474. The number of aliphatic hydroxyl groups is 1. The largest absolute Gasteiger partial charge is 0.383 e. The summed E-state index contributed by atoms with van der Waals surface area (Å²) in [5.41, 5.74) is 5.95. The van der Waals surface area contributed by atoms with Crippen molar-refractivity contribution in [2.24, 2.45) is 0 Å². The third kappa shape index (κ3) is 3.58. The van der Waals surface area contributed by atoms with Crippen LogP contribution in [-0.4, -0.2) is 71.2 Å². The molecule has 0 unspecified atom stereocenters.